The maximum atomic E-state index is 10.1. The molecule has 0 saturated heterocycles. The van der Waals surface area contributed by atoms with Crippen LogP contribution in [0.25, 0.3) is 0 Å². The van der Waals surface area contributed by atoms with Gasteiger partial charge in [-0.15, -0.1) is 0 Å². The zero-order chi connectivity index (χ0) is 12.3. The number of unbranched alkanes of at least 4 members (excludes halogenated alkanes) is 3. The fourth-order valence-electron chi connectivity index (χ4n) is 1.55. The van der Waals surface area contributed by atoms with E-state index in [-0.39, 0.29) is 0 Å². The number of benzene rings is 1. The van der Waals surface area contributed by atoms with Crippen LogP contribution in [0.4, 0.5) is 0 Å². The van der Waals surface area contributed by atoms with Crippen LogP contribution in [-0.4, -0.2) is 24.6 Å². The average Bonchev–Trinajstić information content (AvgIpc) is 2.35. The highest BCUT2D eigenvalue weighted by atomic mass is 16.1. The molecule has 0 aliphatic rings. The summed E-state index contributed by atoms with van der Waals surface area (Å²) in [7, 11) is 1.97. The maximum Gasteiger partial charge on any atom is 0.119 e. The van der Waals surface area contributed by atoms with Crippen LogP contribution in [0.2, 0.25) is 0 Å². The molecule has 1 rings (SSSR count). The molecule has 17 heavy (non-hydrogen) atoms. The largest absolute Gasteiger partial charge is 0.303 e. The minimum atomic E-state index is 0.660. The lowest BCUT2D eigenvalue weighted by Gasteiger charge is -2.12. The summed E-state index contributed by atoms with van der Waals surface area (Å²) in [5.41, 5.74) is 1.26. The summed E-state index contributed by atoms with van der Waals surface area (Å²) >= 11 is 0. The summed E-state index contributed by atoms with van der Waals surface area (Å²) in [5.74, 6) is 0. The Bertz CT molecular complexity index is 335. The van der Waals surface area contributed by atoms with E-state index < -0.39 is 0 Å². The number of carbonyl (C=O) groups is 1. The minimum Gasteiger partial charge on any atom is -0.303 e. The normalized spacial score (nSPS) is 10.6. The Morgan fingerprint density at radius 1 is 1.18 bits per heavy atom. The van der Waals surface area contributed by atoms with Gasteiger partial charge in [0, 0.05) is 19.7 Å². The Kier molecular flexibility index (Phi) is 6.72. The van der Waals surface area contributed by atoms with Crippen LogP contribution in [-0.2, 0) is 11.3 Å². The molecule has 0 saturated carbocycles. The molecule has 0 atom stereocenters. The molecule has 0 aliphatic carbocycles. The predicted octanol–water partition coefficient (Wildman–Crippen LogP) is 2.86. The van der Waals surface area contributed by atoms with E-state index in [0.29, 0.717) is 6.42 Å². The molecule has 0 aliphatic heterocycles. The zero-order valence-electron chi connectivity index (χ0n) is 10.4. The molecule has 1 aromatic rings. The Labute approximate surface area is 103 Å². The van der Waals surface area contributed by atoms with Gasteiger partial charge in [-0.05, 0) is 24.8 Å². The molecule has 0 radical (unpaired) electrons. The van der Waals surface area contributed by atoms with Crippen LogP contribution >= 0.6 is 0 Å². The first kappa shape index (κ1) is 13.4. The third-order valence-corrected chi connectivity index (χ3v) is 2.44. The Hall–Kier alpha value is -1.64. The van der Waals surface area contributed by atoms with Gasteiger partial charge in [0.25, 0.3) is 0 Å². The molecule has 0 heterocycles. The molecule has 0 bridgehead atoms. The van der Waals surface area contributed by atoms with Crippen molar-refractivity contribution in [2.75, 3.05) is 7.05 Å². The zero-order valence-corrected chi connectivity index (χ0v) is 10.4. The lowest BCUT2D eigenvalue weighted by Crippen LogP contribution is -2.10. The van der Waals surface area contributed by atoms with Gasteiger partial charge in [-0.2, -0.15) is 5.10 Å². The van der Waals surface area contributed by atoms with Crippen molar-refractivity contribution in [1.82, 2.24) is 5.01 Å². The first-order chi connectivity index (χ1) is 8.33. The maximum absolute atomic E-state index is 10.1. The second-order valence-corrected chi connectivity index (χ2v) is 4.05. The number of aldehydes is 1. The lowest BCUT2D eigenvalue weighted by molar-refractivity contribution is -0.107. The van der Waals surface area contributed by atoms with E-state index in [1.807, 2.05) is 36.5 Å². The molecule has 0 aromatic heterocycles. The molecule has 0 amide bonds. The van der Waals surface area contributed by atoms with Gasteiger partial charge in [0.05, 0.1) is 6.54 Å². The molecule has 0 fully saturated rings. The van der Waals surface area contributed by atoms with Crippen LogP contribution in [0.1, 0.15) is 31.2 Å². The lowest BCUT2D eigenvalue weighted by atomic mass is 10.2. The quantitative estimate of drug-likeness (QED) is 0.299. The van der Waals surface area contributed by atoms with Crippen LogP contribution in [0.3, 0.4) is 0 Å². The fraction of sp³-hybridized carbons (Fsp3) is 0.429. The van der Waals surface area contributed by atoms with Crippen molar-refractivity contribution in [3.8, 4) is 0 Å². The molecule has 0 N–H and O–H groups in total. The van der Waals surface area contributed by atoms with Crippen molar-refractivity contribution >= 4 is 12.5 Å². The van der Waals surface area contributed by atoms with Gasteiger partial charge in [0.1, 0.15) is 6.29 Å². The average molecular weight is 232 g/mol. The van der Waals surface area contributed by atoms with Gasteiger partial charge < -0.3 is 4.79 Å². The number of hydrazone groups is 1. The Morgan fingerprint density at radius 3 is 2.59 bits per heavy atom. The number of hydrogen-bond acceptors (Lipinski definition) is 3. The van der Waals surface area contributed by atoms with E-state index in [9.17, 15) is 4.79 Å². The SMILES string of the molecule is CN(Cc1ccccc1)/N=C/CCCCC=O. The van der Waals surface area contributed by atoms with Crippen molar-refractivity contribution in [2.24, 2.45) is 5.10 Å². The van der Waals surface area contributed by atoms with Crippen molar-refractivity contribution in [3.63, 3.8) is 0 Å². The van der Waals surface area contributed by atoms with Crippen LogP contribution in [0.15, 0.2) is 35.4 Å². The third-order valence-electron chi connectivity index (χ3n) is 2.44. The van der Waals surface area contributed by atoms with Gasteiger partial charge in [-0.25, -0.2) is 0 Å². The van der Waals surface area contributed by atoms with Crippen LogP contribution in [0, 0.1) is 0 Å². The number of nitrogens with zero attached hydrogens (tertiary/aromatic N) is 2. The highest BCUT2D eigenvalue weighted by Crippen LogP contribution is 2.02. The van der Waals surface area contributed by atoms with E-state index in [1.165, 1.54) is 5.56 Å². The van der Waals surface area contributed by atoms with Gasteiger partial charge in [-0.1, -0.05) is 30.3 Å². The Morgan fingerprint density at radius 2 is 1.88 bits per heavy atom. The predicted molar refractivity (Wildman–Crippen MR) is 70.9 cm³/mol. The first-order valence-electron chi connectivity index (χ1n) is 6.04. The van der Waals surface area contributed by atoms with E-state index in [2.05, 4.69) is 17.2 Å². The summed E-state index contributed by atoms with van der Waals surface area (Å²) in [6.07, 6.45) is 6.48. The smallest absolute Gasteiger partial charge is 0.119 e. The number of hydrogen-bond donors (Lipinski definition) is 0. The van der Waals surface area contributed by atoms with E-state index in [4.69, 9.17) is 0 Å². The number of carbonyl (C=O) groups excluding carboxylic acids is 1. The number of rotatable bonds is 8. The topological polar surface area (TPSA) is 32.7 Å². The molecule has 0 unspecified atom stereocenters. The van der Waals surface area contributed by atoms with Gasteiger partial charge in [-0.3, -0.25) is 5.01 Å². The van der Waals surface area contributed by atoms with Crippen molar-refractivity contribution in [1.29, 1.82) is 0 Å². The molecular formula is C14H20N2O. The van der Waals surface area contributed by atoms with Crippen LogP contribution < -0.4 is 0 Å². The van der Waals surface area contributed by atoms with Crippen molar-refractivity contribution in [2.45, 2.75) is 32.2 Å². The van der Waals surface area contributed by atoms with Gasteiger partial charge in [0.2, 0.25) is 0 Å². The summed E-state index contributed by atoms with van der Waals surface area (Å²) in [6, 6.07) is 10.3. The van der Waals surface area contributed by atoms with E-state index >= 15 is 0 Å². The minimum absolute atomic E-state index is 0.660. The van der Waals surface area contributed by atoms with Crippen molar-refractivity contribution in [3.05, 3.63) is 35.9 Å². The summed E-state index contributed by atoms with van der Waals surface area (Å²) < 4.78 is 0. The summed E-state index contributed by atoms with van der Waals surface area (Å²) in [6.45, 7) is 0.825. The second-order valence-electron chi connectivity index (χ2n) is 4.05. The summed E-state index contributed by atoms with van der Waals surface area (Å²) in [5, 5.41) is 6.26. The summed E-state index contributed by atoms with van der Waals surface area (Å²) in [4.78, 5) is 10.1. The monoisotopic (exact) mass is 232 g/mol. The second kappa shape index (κ2) is 8.50. The Balaban J connectivity index is 2.18. The molecule has 0 spiro atoms. The standard InChI is InChI=1S/C14H20N2O/c1-16(13-14-9-5-4-6-10-14)15-11-7-2-3-8-12-17/h4-6,9-12H,2-3,7-8,13H2,1H3/b15-11+. The van der Waals surface area contributed by atoms with E-state index in [0.717, 1.165) is 32.1 Å². The molecule has 1 aromatic carbocycles. The molecule has 3 heteroatoms. The first-order valence-corrected chi connectivity index (χ1v) is 6.04. The van der Waals surface area contributed by atoms with Crippen molar-refractivity contribution < 1.29 is 4.79 Å². The van der Waals surface area contributed by atoms with E-state index in [1.54, 1.807) is 0 Å². The highest BCUT2D eigenvalue weighted by Gasteiger charge is 1.94. The highest BCUT2D eigenvalue weighted by molar-refractivity contribution is 5.56. The van der Waals surface area contributed by atoms with Crippen LogP contribution in [0.5, 0.6) is 0 Å². The van der Waals surface area contributed by atoms with Gasteiger partial charge in [0.15, 0.2) is 0 Å². The fourth-order valence-corrected chi connectivity index (χ4v) is 1.55. The third kappa shape index (κ3) is 6.51. The molecule has 3 nitrogen and oxygen atoms in total. The van der Waals surface area contributed by atoms with Gasteiger partial charge >= 0.3 is 0 Å². The molecule has 92 valence electrons. The molecular weight excluding hydrogens is 212 g/mol.